The van der Waals surface area contributed by atoms with Gasteiger partial charge >= 0.3 is 6.09 Å². The quantitative estimate of drug-likeness (QED) is 0.849. The molecule has 0 aliphatic carbocycles. The van der Waals surface area contributed by atoms with Crippen LogP contribution in [0.15, 0.2) is 18.2 Å². The van der Waals surface area contributed by atoms with Crippen molar-refractivity contribution in [1.29, 1.82) is 0 Å². The Balaban J connectivity index is 2.79. The van der Waals surface area contributed by atoms with E-state index in [2.05, 4.69) is 0 Å². The fraction of sp³-hybridized carbons (Fsp3) is 0.417. The van der Waals surface area contributed by atoms with Crippen molar-refractivity contribution >= 4 is 6.09 Å². The minimum absolute atomic E-state index is 0.288. The average Bonchev–Trinajstić information content (AvgIpc) is 2.27. The third-order valence-electron chi connectivity index (χ3n) is 2.25. The molecule has 0 bridgehead atoms. The second-order valence-corrected chi connectivity index (χ2v) is 3.67. The van der Waals surface area contributed by atoms with E-state index >= 15 is 0 Å². The summed E-state index contributed by atoms with van der Waals surface area (Å²) in [7, 11) is 3.17. The second kappa shape index (κ2) is 5.98. The molecule has 0 spiro atoms. The highest BCUT2D eigenvalue weighted by Crippen LogP contribution is 2.23. The molecular formula is C12H17NO4. The number of methoxy groups -OCH3 is 2. The summed E-state index contributed by atoms with van der Waals surface area (Å²) in [4.78, 5) is 10.6. The Kier molecular flexibility index (Phi) is 4.63. The van der Waals surface area contributed by atoms with Gasteiger partial charge in [0.1, 0.15) is 17.6 Å². The number of benzene rings is 1. The summed E-state index contributed by atoms with van der Waals surface area (Å²) in [5, 5.41) is 0. The van der Waals surface area contributed by atoms with Gasteiger partial charge in [0.2, 0.25) is 0 Å². The van der Waals surface area contributed by atoms with E-state index in [0.29, 0.717) is 17.9 Å². The van der Waals surface area contributed by atoms with Crippen molar-refractivity contribution < 1.29 is 19.0 Å². The predicted octanol–water partition coefficient (Wildman–Crippen LogP) is 1.73. The highest BCUT2D eigenvalue weighted by molar-refractivity contribution is 5.64. The van der Waals surface area contributed by atoms with Gasteiger partial charge in [0, 0.05) is 12.5 Å². The predicted molar refractivity (Wildman–Crippen MR) is 63.4 cm³/mol. The molecule has 0 radical (unpaired) electrons. The molecule has 5 heteroatoms. The van der Waals surface area contributed by atoms with Crippen molar-refractivity contribution in [2.24, 2.45) is 5.73 Å². The molecule has 0 saturated heterocycles. The maximum atomic E-state index is 10.6. The first-order valence-corrected chi connectivity index (χ1v) is 5.23. The highest BCUT2D eigenvalue weighted by atomic mass is 16.6. The van der Waals surface area contributed by atoms with E-state index in [9.17, 15) is 4.79 Å². The molecule has 0 aromatic heterocycles. The number of carbonyl (C=O) groups excluding carboxylic acids is 1. The Hall–Kier alpha value is -1.91. The van der Waals surface area contributed by atoms with Gasteiger partial charge in [0.25, 0.3) is 0 Å². The van der Waals surface area contributed by atoms with Crippen LogP contribution in [0.3, 0.4) is 0 Å². The van der Waals surface area contributed by atoms with Crippen molar-refractivity contribution in [3.63, 3.8) is 0 Å². The van der Waals surface area contributed by atoms with Crippen molar-refractivity contribution in [1.82, 2.24) is 0 Å². The molecule has 1 atom stereocenters. The van der Waals surface area contributed by atoms with E-state index in [4.69, 9.17) is 19.9 Å². The van der Waals surface area contributed by atoms with E-state index < -0.39 is 6.09 Å². The summed E-state index contributed by atoms with van der Waals surface area (Å²) < 4.78 is 15.2. The Morgan fingerprint density at radius 1 is 1.24 bits per heavy atom. The number of ether oxygens (including phenoxy) is 3. The van der Waals surface area contributed by atoms with Crippen LogP contribution in [0.1, 0.15) is 12.5 Å². The van der Waals surface area contributed by atoms with E-state index in [1.807, 2.05) is 12.1 Å². The Bertz CT molecular complexity index is 370. The van der Waals surface area contributed by atoms with E-state index in [1.165, 1.54) is 0 Å². The van der Waals surface area contributed by atoms with Crippen molar-refractivity contribution in [2.75, 3.05) is 14.2 Å². The lowest BCUT2D eigenvalue weighted by molar-refractivity contribution is 0.116. The smallest absolute Gasteiger partial charge is 0.404 e. The lowest BCUT2D eigenvalue weighted by Gasteiger charge is -2.13. The first-order chi connectivity index (χ1) is 8.05. The molecule has 94 valence electrons. The largest absolute Gasteiger partial charge is 0.497 e. The monoisotopic (exact) mass is 239 g/mol. The Labute approximate surface area is 100 Å². The van der Waals surface area contributed by atoms with Gasteiger partial charge in [-0.25, -0.2) is 4.79 Å². The molecule has 1 aromatic carbocycles. The molecule has 0 saturated carbocycles. The minimum atomic E-state index is -0.771. The van der Waals surface area contributed by atoms with Gasteiger partial charge in [-0.15, -0.1) is 0 Å². The molecule has 1 aromatic rings. The summed E-state index contributed by atoms with van der Waals surface area (Å²) in [6.45, 7) is 1.77. The van der Waals surface area contributed by atoms with Crippen LogP contribution in [-0.2, 0) is 11.2 Å². The standard InChI is InChI=1S/C12H17NO4/c1-8(17-12(13)14)4-9-5-10(15-2)7-11(6-9)16-3/h5-8H,4H2,1-3H3,(H2,13,14)/t8-/m0/s1. The summed E-state index contributed by atoms with van der Waals surface area (Å²) in [6.07, 6.45) is -0.507. The van der Waals surface area contributed by atoms with Gasteiger partial charge in [0.05, 0.1) is 14.2 Å². The molecule has 0 fully saturated rings. The van der Waals surface area contributed by atoms with Gasteiger partial charge in [-0.05, 0) is 24.6 Å². The average molecular weight is 239 g/mol. The van der Waals surface area contributed by atoms with Crippen molar-refractivity contribution in [3.05, 3.63) is 23.8 Å². The fourth-order valence-electron chi connectivity index (χ4n) is 1.56. The number of rotatable bonds is 5. The molecule has 0 unspecified atom stereocenters. The van der Waals surface area contributed by atoms with Crippen LogP contribution in [0.5, 0.6) is 11.5 Å². The molecular weight excluding hydrogens is 222 g/mol. The number of carbonyl (C=O) groups is 1. The zero-order chi connectivity index (χ0) is 12.8. The second-order valence-electron chi connectivity index (χ2n) is 3.67. The lowest BCUT2D eigenvalue weighted by Crippen LogP contribution is -2.21. The van der Waals surface area contributed by atoms with Gasteiger partial charge < -0.3 is 19.9 Å². The van der Waals surface area contributed by atoms with Crippen LogP contribution in [0.4, 0.5) is 4.79 Å². The van der Waals surface area contributed by atoms with E-state index in [1.54, 1.807) is 27.2 Å². The first-order valence-electron chi connectivity index (χ1n) is 5.23. The highest BCUT2D eigenvalue weighted by Gasteiger charge is 2.09. The van der Waals surface area contributed by atoms with Crippen LogP contribution in [0.25, 0.3) is 0 Å². The number of hydrogen-bond acceptors (Lipinski definition) is 4. The van der Waals surface area contributed by atoms with Crippen molar-refractivity contribution in [3.8, 4) is 11.5 Å². The number of hydrogen-bond donors (Lipinski definition) is 1. The maximum absolute atomic E-state index is 10.6. The SMILES string of the molecule is COc1cc(C[C@H](C)OC(N)=O)cc(OC)c1. The van der Waals surface area contributed by atoms with Crippen LogP contribution in [0, 0.1) is 0 Å². The molecule has 17 heavy (non-hydrogen) atoms. The third kappa shape index (κ3) is 4.22. The molecule has 0 aliphatic rings. The molecule has 2 N–H and O–H groups in total. The molecule has 5 nitrogen and oxygen atoms in total. The number of nitrogens with two attached hydrogens (primary N) is 1. The van der Waals surface area contributed by atoms with Crippen LogP contribution < -0.4 is 15.2 Å². The van der Waals surface area contributed by atoms with Gasteiger partial charge in [-0.1, -0.05) is 0 Å². The summed E-state index contributed by atoms with van der Waals surface area (Å²) in [6, 6.07) is 5.51. The molecule has 0 heterocycles. The van der Waals surface area contributed by atoms with Gasteiger partial charge in [0.15, 0.2) is 0 Å². The first kappa shape index (κ1) is 13.2. The van der Waals surface area contributed by atoms with Gasteiger partial charge in [-0.2, -0.15) is 0 Å². The zero-order valence-electron chi connectivity index (χ0n) is 10.2. The van der Waals surface area contributed by atoms with Crippen molar-refractivity contribution in [2.45, 2.75) is 19.4 Å². The maximum Gasteiger partial charge on any atom is 0.404 e. The molecule has 0 aliphatic heterocycles. The number of primary amides is 1. The summed E-state index contributed by atoms with van der Waals surface area (Å²) >= 11 is 0. The molecule has 1 rings (SSSR count). The summed E-state index contributed by atoms with van der Waals surface area (Å²) in [5.74, 6) is 1.40. The van der Waals surface area contributed by atoms with E-state index in [-0.39, 0.29) is 6.10 Å². The van der Waals surface area contributed by atoms with Gasteiger partial charge in [-0.3, -0.25) is 0 Å². The molecule has 1 amide bonds. The normalized spacial score (nSPS) is 11.7. The minimum Gasteiger partial charge on any atom is -0.497 e. The van der Waals surface area contributed by atoms with E-state index in [0.717, 1.165) is 5.56 Å². The third-order valence-corrected chi connectivity index (χ3v) is 2.25. The number of amides is 1. The van der Waals surface area contributed by atoms with Crippen LogP contribution >= 0.6 is 0 Å². The Morgan fingerprint density at radius 3 is 2.18 bits per heavy atom. The fourth-order valence-corrected chi connectivity index (χ4v) is 1.56. The summed E-state index contributed by atoms with van der Waals surface area (Å²) in [5.41, 5.74) is 5.90. The Morgan fingerprint density at radius 2 is 1.76 bits per heavy atom. The van der Waals surface area contributed by atoms with Crippen LogP contribution in [0.2, 0.25) is 0 Å². The lowest BCUT2D eigenvalue weighted by atomic mass is 10.1. The van der Waals surface area contributed by atoms with Crippen LogP contribution in [-0.4, -0.2) is 26.4 Å². The zero-order valence-corrected chi connectivity index (χ0v) is 10.2. The topological polar surface area (TPSA) is 70.8 Å².